The number of hydrogen-bond donors (Lipinski definition) is 3. The molecule has 8 heteroatoms. The van der Waals surface area contributed by atoms with Gasteiger partial charge in [-0.15, -0.1) is 12.6 Å². The number of aromatic amines is 1. The van der Waals surface area contributed by atoms with Gasteiger partial charge in [-0.05, 0) is 13.0 Å². The first kappa shape index (κ1) is 12.4. The molecule has 1 aromatic carbocycles. The Morgan fingerprint density at radius 1 is 1.61 bits per heavy atom. The summed E-state index contributed by atoms with van der Waals surface area (Å²) in [7, 11) is 0. The van der Waals surface area contributed by atoms with Gasteiger partial charge >= 0.3 is 0 Å². The number of imidazole rings is 1. The molecule has 18 heavy (non-hydrogen) atoms. The van der Waals surface area contributed by atoms with E-state index in [-0.39, 0.29) is 16.8 Å². The highest BCUT2D eigenvalue weighted by Crippen LogP contribution is 2.27. The standard InChI is InChI=1S/C10H10N4O3S/c1-2-11-9(15)7-6(14(16)17)4-3-5-8(7)13-10(18)12-5/h3-4H,2H2,1H3,(H,11,15)(H2,12,13,18). The number of nitro groups is 1. The molecule has 2 rings (SSSR count). The minimum absolute atomic E-state index is 0.0455. The Hall–Kier alpha value is -2.09. The van der Waals surface area contributed by atoms with E-state index in [9.17, 15) is 14.9 Å². The number of carbonyl (C=O) groups is 1. The van der Waals surface area contributed by atoms with Gasteiger partial charge in [0.15, 0.2) is 5.16 Å². The molecule has 1 amide bonds. The number of carbonyl (C=O) groups excluding carboxylic acids is 1. The molecule has 0 saturated heterocycles. The summed E-state index contributed by atoms with van der Waals surface area (Å²) in [6.07, 6.45) is 0. The monoisotopic (exact) mass is 266 g/mol. The number of rotatable bonds is 3. The third-order valence-corrected chi connectivity index (χ3v) is 2.59. The smallest absolute Gasteiger partial charge is 0.284 e. The third kappa shape index (κ3) is 2.02. The number of hydrogen-bond acceptors (Lipinski definition) is 5. The van der Waals surface area contributed by atoms with Crippen LogP contribution in [0.2, 0.25) is 0 Å². The second-order valence-electron chi connectivity index (χ2n) is 3.53. The van der Waals surface area contributed by atoms with Gasteiger partial charge in [-0.3, -0.25) is 14.9 Å². The van der Waals surface area contributed by atoms with E-state index >= 15 is 0 Å². The normalized spacial score (nSPS) is 10.6. The Labute approximate surface area is 107 Å². The maximum atomic E-state index is 11.9. The fraction of sp³-hybridized carbons (Fsp3) is 0.200. The molecular formula is C10H10N4O3S. The first-order valence-electron chi connectivity index (χ1n) is 5.19. The van der Waals surface area contributed by atoms with Gasteiger partial charge in [0.25, 0.3) is 11.6 Å². The summed E-state index contributed by atoms with van der Waals surface area (Å²) in [5, 5.41) is 13.8. The number of nitro benzene ring substituents is 1. The van der Waals surface area contributed by atoms with Crippen molar-refractivity contribution < 1.29 is 9.72 Å². The van der Waals surface area contributed by atoms with Crippen molar-refractivity contribution in [3.8, 4) is 0 Å². The number of amides is 1. The Kier molecular flexibility index (Phi) is 3.19. The van der Waals surface area contributed by atoms with E-state index in [0.717, 1.165) is 0 Å². The molecule has 0 fully saturated rings. The van der Waals surface area contributed by atoms with Crippen LogP contribution in [0.4, 0.5) is 5.69 Å². The van der Waals surface area contributed by atoms with Crippen LogP contribution < -0.4 is 5.32 Å². The molecule has 0 aliphatic heterocycles. The number of fused-ring (bicyclic) bond motifs is 1. The fourth-order valence-corrected chi connectivity index (χ4v) is 1.90. The predicted octanol–water partition coefficient (Wildman–Crippen LogP) is 1.51. The van der Waals surface area contributed by atoms with Crippen LogP contribution in [0.25, 0.3) is 11.0 Å². The SMILES string of the molecule is CCNC(=O)c1c([N+](=O)[O-])ccc2[nH]c(S)nc12. The summed E-state index contributed by atoms with van der Waals surface area (Å²) >= 11 is 4.03. The van der Waals surface area contributed by atoms with Crippen LogP contribution in [0, 0.1) is 10.1 Å². The minimum atomic E-state index is -0.600. The molecule has 0 unspecified atom stereocenters. The van der Waals surface area contributed by atoms with Crippen molar-refractivity contribution >= 4 is 35.3 Å². The molecule has 1 heterocycles. The summed E-state index contributed by atoms with van der Waals surface area (Å²) in [6.45, 7) is 2.11. The Morgan fingerprint density at radius 3 is 2.94 bits per heavy atom. The Bertz CT molecular complexity index is 637. The number of thiol groups is 1. The molecule has 0 radical (unpaired) electrons. The average molecular weight is 266 g/mol. The van der Waals surface area contributed by atoms with E-state index in [2.05, 4.69) is 27.9 Å². The summed E-state index contributed by atoms with van der Waals surface area (Å²) in [5.74, 6) is -0.519. The van der Waals surface area contributed by atoms with Crippen molar-refractivity contribution in [3.05, 3.63) is 27.8 Å². The summed E-state index contributed by atoms with van der Waals surface area (Å²) in [4.78, 5) is 29.1. The maximum Gasteiger partial charge on any atom is 0.284 e. The first-order chi connectivity index (χ1) is 8.54. The van der Waals surface area contributed by atoms with Gasteiger partial charge in [-0.2, -0.15) is 0 Å². The van der Waals surface area contributed by atoms with E-state index < -0.39 is 10.8 Å². The Balaban J connectivity index is 2.73. The number of aromatic nitrogens is 2. The van der Waals surface area contributed by atoms with Crippen LogP contribution in [-0.2, 0) is 0 Å². The fourth-order valence-electron chi connectivity index (χ4n) is 1.68. The van der Waals surface area contributed by atoms with Crippen molar-refractivity contribution in [2.75, 3.05) is 6.54 Å². The molecular weight excluding hydrogens is 256 g/mol. The van der Waals surface area contributed by atoms with E-state index in [0.29, 0.717) is 17.2 Å². The zero-order chi connectivity index (χ0) is 13.3. The van der Waals surface area contributed by atoms with Gasteiger partial charge in [0, 0.05) is 12.6 Å². The zero-order valence-electron chi connectivity index (χ0n) is 9.43. The van der Waals surface area contributed by atoms with Crippen LogP contribution in [0.1, 0.15) is 17.3 Å². The van der Waals surface area contributed by atoms with Crippen LogP contribution in [0.3, 0.4) is 0 Å². The zero-order valence-corrected chi connectivity index (χ0v) is 10.3. The number of benzene rings is 1. The number of H-pyrrole nitrogens is 1. The highest BCUT2D eigenvalue weighted by Gasteiger charge is 2.24. The first-order valence-corrected chi connectivity index (χ1v) is 5.63. The van der Waals surface area contributed by atoms with Gasteiger partial charge in [0.05, 0.1) is 10.4 Å². The van der Waals surface area contributed by atoms with Crippen molar-refractivity contribution in [3.63, 3.8) is 0 Å². The second kappa shape index (κ2) is 4.65. The lowest BCUT2D eigenvalue weighted by Gasteiger charge is -2.03. The number of nitrogens with zero attached hydrogens (tertiary/aromatic N) is 2. The highest BCUT2D eigenvalue weighted by atomic mass is 32.1. The molecule has 0 atom stereocenters. The van der Waals surface area contributed by atoms with Crippen LogP contribution in [0.5, 0.6) is 0 Å². The summed E-state index contributed by atoms with van der Waals surface area (Å²) < 4.78 is 0. The lowest BCUT2D eigenvalue weighted by molar-refractivity contribution is -0.385. The van der Waals surface area contributed by atoms with Crippen molar-refractivity contribution in [1.82, 2.24) is 15.3 Å². The van der Waals surface area contributed by atoms with Crippen molar-refractivity contribution in [2.45, 2.75) is 12.1 Å². The quantitative estimate of drug-likeness (QED) is 0.445. The van der Waals surface area contributed by atoms with E-state index in [1.54, 1.807) is 6.92 Å². The number of nitrogens with one attached hydrogen (secondary N) is 2. The molecule has 2 aromatic rings. The van der Waals surface area contributed by atoms with Crippen LogP contribution in [-0.4, -0.2) is 27.3 Å². The van der Waals surface area contributed by atoms with E-state index in [4.69, 9.17) is 0 Å². The summed E-state index contributed by atoms with van der Waals surface area (Å²) in [5.41, 5.74) is 0.469. The van der Waals surface area contributed by atoms with Gasteiger partial charge in [-0.25, -0.2) is 4.98 Å². The molecule has 0 aliphatic rings. The maximum absolute atomic E-state index is 11.9. The molecule has 0 bridgehead atoms. The molecule has 1 aromatic heterocycles. The lowest BCUT2D eigenvalue weighted by atomic mass is 10.1. The van der Waals surface area contributed by atoms with Gasteiger partial charge < -0.3 is 10.3 Å². The Morgan fingerprint density at radius 2 is 2.33 bits per heavy atom. The molecule has 0 saturated carbocycles. The van der Waals surface area contributed by atoms with Gasteiger partial charge in [0.1, 0.15) is 11.1 Å². The average Bonchev–Trinajstić information content (AvgIpc) is 2.67. The lowest BCUT2D eigenvalue weighted by Crippen LogP contribution is -2.24. The minimum Gasteiger partial charge on any atom is -0.352 e. The van der Waals surface area contributed by atoms with Crippen LogP contribution in [0.15, 0.2) is 17.3 Å². The summed E-state index contributed by atoms with van der Waals surface area (Å²) in [6, 6.07) is 2.78. The van der Waals surface area contributed by atoms with E-state index in [1.165, 1.54) is 12.1 Å². The second-order valence-corrected chi connectivity index (χ2v) is 3.96. The van der Waals surface area contributed by atoms with Gasteiger partial charge in [0.2, 0.25) is 0 Å². The van der Waals surface area contributed by atoms with Gasteiger partial charge in [-0.1, -0.05) is 0 Å². The molecule has 0 aliphatic carbocycles. The molecule has 0 spiro atoms. The van der Waals surface area contributed by atoms with E-state index in [1.807, 2.05) is 0 Å². The highest BCUT2D eigenvalue weighted by molar-refractivity contribution is 7.80. The third-order valence-electron chi connectivity index (χ3n) is 2.38. The molecule has 2 N–H and O–H groups in total. The van der Waals surface area contributed by atoms with Crippen LogP contribution >= 0.6 is 12.6 Å². The molecule has 94 valence electrons. The van der Waals surface area contributed by atoms with Crippen molar-refractivity contribution in [1.29, 1.82) is 0 Å². The van der Waals surface area contributed by atoms with Crippen molar-refractivity contribution in [2.24, 2.45) is 0 Å². The largest absolute Gasteiger partial charge is 0.352 e. The predicted molar refractivity (Wildman–Crippen MR) is 68.0 cm³/mol. The topological polar surface area (TPSA) is 101 Å². The molecule has 7 nitrogen and oxygen atoms in total.